The molecule has 2 aliphatic rings. The molecule has 1 N–H and O–H groups in total. The minimum atomic E-state index is -0.188. The van der Waals surface area contributed by atoms with Gasteiger partial charge >= 0.3 is 0 Å². The van der Waals surface area contributed by atoms with Gasteiger partial charge in [0.25, 0.3) is 0 Å². The molecule has 94 valence electrons. The third-order valence-electron chi connectivity index (χ3n) is 4.00. The van der Waals surface area contributed by atoms with Gasteiger partial charge in [-0.15, -0.1) is 0 Å². The summed E-state index contributed by atoms with van der Waals surface area (Å²) in [7, 11) is 0. The number of rotatable bonds is 2. The maximum Gasteiger partial charge on any atom is 0.0687 e. The van der Waals surface area contributed by atoms with Crippen LogP contribution in [-0.4, -0.2) is 33.9 Å². The summed E-state index contributed by atoms with van der Waals surface area (Å²) in [6, 6.07) is 0. The molecule has 2 nitrogen and oxygen atoms in total. The molecule has 0 aromatic rings. The predicted molar refractivity (Wildman–Crippen MR) is 68.8 cm³/mol. The molecule has 2 heterocycles. The first kappa shape index (κ1) is 12.7. The summed E-state index contributed by atoms with van der Waals surface area (Å²) in [5.74, 6) is 3.09. The zero-order chi connectivity index (χ0) is 12.0. The summed E-state index contributed by atoms with van der Waals surface area (Å²) >= 11 is 1.97. The third-order valence-corrected chi connectivity index (χ3v) is 5.19. The molecule has 0 saturated carbocycles. The molecule has 3 unspecified atom stereocenters. The van der Waals surface area contributed by atoms with E-state index in [-0.39, 0.29) is 23.2 Å². The average Bonchev–Trinajstić information content (AvgIpc) is 2.69. The molecule has 3 atom stereocenters. The number of hydrogen-bond acceptors (Lipinski definition) is 3. The van der Waals surface area contributed by atoms with Crippen LogP contribution < -0.4 is 0 Å². The van der Waals surface area contributed by atoms with Crippen LogP contribution in [0.15, 0.2) is 0 Å². The van der Waals surface area contributed by atoms with Crippen molar-refractivity contribution in [1.29, 1.82) is 0 Å². The van der Waals surface area contributed by atoms with Gasteiger partial charge in [-0.25, -0.2) is 0 Å². The number of aliphatic hydroxyl groups excluding tert-OH is 1. The zero-order valence-electron chi connectivity index (χ0n) is 10.8. The molecular formula is C13H24O2S. The topological polar surface area (TPSA) is 29.5 Å². The smallest absolute Gasteiger partial charge is 0.0687 e. The van der Waals surface area contributed by atoms with Crippen molar-refractivity contribution in [3.05, 3.63) is 0 Å². The first-order valence-corrected chi connectivity index (χ1v) is 7.43. The van der Waals surface area contributed by atoms with E-state index in [0.717, 1.165) is 12.2 Å². The highest BCUT2D eigenvalue weighted by atomic mass is 32.2. The molecule has 0 amide bonds. The lowest BCUT2D eigenvalue weighted by Crippen LogP contribution is -2.40. The highest BCUT2D eigenvalue weighted by molar-refractivity contribution is 7.99. The second-order valence-electron chi connectivity index (χ2n) is 6.39. The first-order chi connectivity index (χ1) is 7.32. The van der Waals surface area contributed by atoms with E-state index in [9.17, 15) is 5.11 Å². The van der Waals surface area contributed by atoms with Crippen LogP contribution in [0.5, 0.6) is 0 Å². The van der Waals surface area contributed by atoms with Gasteiger partial charge in [0.1, 0.15) is 0 Å². The molecule has 0 aromatic carbocycles. The minimum absolute atomic E-state index is 0.0824. The van der Waals surface area contributed by atoms with Crippen molar-refractivity contribution in [3.8, 4) is 0 Å². The summed E-state index contributed by atoms with van der Waals surface area (Å²) < 4.78 is 6.06. The van der Waals surface area contributed by atoms with E-state index in [2.05, 4.69) is 27.7 Å². The van der Waals surface area contributed by atoms with E-state index in [1.54, 1.807) is 0 Å². The quantitative estimate of drug-likeness (QED) is 0.810. The lowest BCUT2D eigenvalue weighted by Gasteiger charge is -2.32. The van der Waals surface area contributed by atoms with Crippen LogP contribution in [0.1, 0.15) is 40.5 Å². The average molecular weight is 244 g/mol. The van der Waals surface area contributed by atoms with Crippen molar-refractivity contribution < 1.29 is 9.84 Å². The summed E-state index contributed by atoms with van der Waals surface area (Å²) in [6.45, 7) is 8.51. The largest absolute Gasteiger partial charge is 0.392 e. The second-order valence-corrected chi connectivity index (χ2v) is 7.54. The Bertz CT molecular complexity index is 257. The fraction of sp³-hybridized carbons (Fsp3) is 1.00. The molecule has 0 aliphatic carbocycles. The Hall–Kier alpha value is 0.270. The Labute approximate surface area is 103 Å². The van der Waals surface area contributed by atoms with Crippen molar-refractivity contribution in [2.24, 2.45) is 11.8 Å². The summed E-state index contributed by atoms with van der Waals surface area (Å²) in [6.07, 6.45) is 1.95. The van der Waals surface area contributed by atoms with E-state index < -0.39 is 0 Å². The van der Waals surface area contributed by atoms with Gasteiger partial charge in [0.05, 0.1) is 17.3 Å². The molecule has 3 heteroatoms. The number of ether oxygens (including phenoxy) is 1. The molecule has 16 heavy (non-hydrogen) atoms. The molecule has 2 rings (SSSR count). The maximum atomic E-state index is 10.5. The van der Waals surface area contributed by atoms with Crippen molar-refractivity contribution >= 4 is 11.8 Å². The minimum Gasteiger partial charge on any atom is -0.392 e. The van der Waals surface area contributed by atoms with E-state index in [1.807, 2.05) is 11.8 Å². The van der Waals surface area contributed by atoms with Gasteiger partial charge in [-0.05, 0) is 58.0 Å². The van der Waals surface area contributed by atoms with Gasteiger partial charge in [-0.1, -0.05) is 0 Å². The number of aliphatic hydroxyl groups is 1. The molecule has 0 radical (unpaired) electrons. The lowest BCUT2D eigenvalue weighted by molar-refractivity contribution is -0.0924. The second kappa shape index (κ2) is 4.18. The summed E-state index contributed by atoms with van der Waals surface area (Å²) in [5.41, 5.74) is -0.267. The predicted octanol–water partition coefficient (Wildman–Crippen LogP) is 2.69. The van der Waals surface area contributed by atoms with Crippen LogP contribution in [0.25, 0.3) is 0 Å². The van der Waals surface area contributed by atoms with Crippen molar-refractivity contribution in [3.63, 3.8) is 0 Å². The lowest BCUT2D eigenvalue weighted by atomic mass is 9.78. The monoisotopic (exact) mass is 244 g/mol. The van der Waals surface area contributed by atoms with Crippen molar-refractivity contribution in [1.82, 2.24) is 0 Å². The Morgan fingerprint density at radius 1 is 1.31 bits per heavy atom. The van der Waals surface area contributed by atoms with Gasteiger partial charge < -0.3 is 9.84 Å². The Balaban J connectivity index is 2.08. The van der Waals surface area contributed by atoms with Crippen molar-refractivity contribution in [2.75, 3.05) is 11.5 Å². The summed E-state index contributed by atoms with van der Waals surface area (Å²) in [5, 5.41) is 10.5. The Morgan fingerprint density at radius 2 is 2.00 bits per heavy atom. The molecule has 2 aliphatic heterocycles. The molecule has 2 saturated heterocycles. The molecular weight excluding hydrogens is 220 g/mol. The highest BCUT2D eigenvalue weighted by Crippen LogP contribution is 2.46. The van der Waals surface area contributed by atoms with Crippen LogP contribution in [0.2, 0.25) is 0 Å². The Kier molecular flexibility index (Phi) is 3.32. The van der Waals surface area contributed by atoms with Gasteiger partial charge in [0, 0.05) is 5.92 Å². The highest BCUT2D eigenvalue weighted by Gasteiger charge is 2.50. The standard InChI is InChI=1S/C13H24O2S/c1-12(2)7-10(13(3,4)15-12)11(14)9-5-6-16-8-9/h9-11,14H,5-8H2,1-4H3. The van der Waals surface area contributed by atoms with Crippen LogP contribution in [0.4, 0.5) is 0 Å². The fourth-order valence-corrected chi connectivity index (χ4v) is 4.59. The zero-order valence-corrected chi connectivity index (χ0v) is 11.6. The van der Waals surface area contributed by atoms with E-state index in [4.69, 9.17) is 4.74 Å². The van der Waals surface area contributed by atoms with Crippen molar-refractivity contribution in [2.45, 2.75) is 57.8 Å². The van der Waals surface area contributed by atoms with Gasteiger partial charge in [0.15, 0.2) is 0 Å². The third kappa shape index (κ3) is 2.41. The molecule has 0 bridgehead atoms. The molecule has 2 fully saturated rings. The Morgan fingerprint density at radius 3 is 2.44 bits per heavy atom. The van der Waals surface area contributed by atoms with E-state index >= 15 is 0 Å². The van der Waals surface area contributed by atoms with E-state index in [0.29, 0.717) is 5.92 Å². The maximum absolute atomic E-state index is 10.5. The van der Waals surface area contributed by atoms with Crippen LogP contribution >= 0.6 is 11.8 Å². The van der Waals surface area contributed by atoms with Crippen LogP contribution in [-0.2, 0) is 4.74 Å². The van der Waals surface area contributed by atoms with Gasteiger partial charge in [0.2, 0.25) is 0 Å². The van der Waals surface area contributed by atoms with Gasteiger partial charge in [-0.3, -0.25) is 0 Å². The summed E-state index contributed by atoms with van der Waals surface area (Å²) in [4.78, 5) is 0. The van der Waals surface area contributed by atoms with Crippen LogP contribution in [0, 0.1) is 11.8 Å². The first-order valence-electron chi connectivity index (χ1n) is 6.28. The normalized spacial score (nSPS) is 38.8. The van der Waals surface area contributed by atoms with Crippen LogP contribution in [0.3, 0.4) is 0 Å². The SMILES string of the molecule is CC1(C)CC(C(O)C2CCSC2)C(C)(C)O1. The molecule has 0 spiro atoms. The number of thioether (sulfide) groups is 1. The van der Waals surface area contributed by atoms with E-state index in [1.165, 1.54) is 12.2 Å². The number of hydrogen-bond donors (Lipinski definition) is 1. The molecule has 0 aromatic heterocycles. The van der Waals surface area contributed by atoms with Gasteiger partial charge in [-0.2, -0.15) is 11.8 Å². The fourth-order valence-electron chi connectivity index (χ4n) is 3.29.